The number of likely N-dealkylation sites (tertiary alicyclic amines) is 1. The average molecular weight is 318 g/mol. The molecule has 1 fully saturated rings. The van der Waals surface area contributed by atoms with E-state index in [0.29, 0.717) is 17.3 Å². The van der Waals surface area contributed by atoms with Gasteiger partial charge in [-0.2, -0.15) is 0 Å². The maximum Gasteiger partial charge on any atom is 0.305 e. The first-order valence-electron chi connectivity index (χ1n) is 6.28. The largest absolute Gasteiger partial charge is 0.481 e. The molecule has 20 heavy (non-hydrogen) atoms. The molecule has 2 rings (SSSR count). The zero-order chi connectivity index (χ0) is 14.7. The van der Waals surface area contributed by atoms with Gasteiger partial charge in [0.05, 0.1) is 23.3 Å². The maximum atomic E-state index is 12.3. The number of methoxy groups -OCH3 is 1. The Morgan fingerprint density at radius 1 is 1.55 bits per heavy atom. The molecule has 0 bridgehead atoms. The molecule has 0 aromatic carbocycles. The Labute approximate surface area is 126 Å². The summed E-state index contributed by atoms with van der Waals surface area (Å²) in [7, 11) is 1.58. The van der Waals surface area contributed by atoms with Crippen LogP contribution >= 0.6 is 22.9 Å². The second-order valence-electron chi connectivity index (χ2n) is 4.77. The number of aliphatic carboxylic acids is 1. The molecule has 1 aliphatic heterocycles. The van der Waals surface area contributed by atoms with Crippen LogP contribution in [0.3, 0.4) is 0 Å². The van der Waals surface area contributed by atoms with E-state index in [9.17, 15) is 9.59 Å². The minimum absolute atomic E-state index is 0.0448. The third-order valence-corrected chi connectivity index (χ3v) is 4.63. The van der Waals surface area contributed by atoms with Crippen LogP contribution in [0.25, 0.3) is 0 Å². The topological polar surface area (TPSA) is 66.8 Å². The normalized spacial score (nSPS) is 22.2. The van der Waals surface area contributed by atoms with Crippen molar-refractivity contribution in [2.45, 2.75) is 31.4 Å². The molecule has 1 aliphatic rings. The van der Waals surface area contributed by atoms with Crippen molar-refractivity contribution >= 4 is 34.8 Å². The van der Waals surface area contributed by atoms with Gasteiger partial charge in [-0.3, -0.25) is 9.59 Å². The highest BCUT2D eigenvalue weighted by atomic mass is 35.5. The Kier molecular flexibility index (Phi) is 5.01. The lowest BCUT2D eigenvalue weighted by molar-refractivity contribution is -0.139. The predicted octanol–water partition coefficient (Wildman–Crippen LogP) is 2.03. The van der Waals surface area contributed by atoms with Crippen molar-refractivity contribution in [3.63, 3.8) is 0 Å². The van der Waals surface area contributed by atoms with E-state index in [2.05, 4.69) is 0 Å². The van der Waals surface area contributed by atoms with Crippen LogP contribution in [0.4, 0.5) is 0 Å². The van der Waals surface area contributed by atoms with Crippen LogP contribution in [0.5, 0.6) is 0 Å². The van der Waals surface area contributed by atoms with Crippen molar-refractivity contribution in [1.29, 1.82) is 0 Å². The van der Waals surface area contributed by atoms with E-state index in [-0.39, 0.29) is 30.9 Å². The first-order valence-corrected chi connectivity index (χ1v) is 7.47. The van der Waals surface area contributed by atoms with Crippen molar-refractivity contribution in [2.24, 2.45) is 0 Å². The van der Waals surface area contributed by atoms with E-state index >= 15 is 0 Å². The Hall–Kier alpha value is -1.11. The molecule has 2 atom stereocenters. The fourth-order valence-corrected chi connectivity index (χ4v) is 3.52. The number of carboxylic acids is 1. The summed E-state index contributed by atoms with van der Waals surface area (Å²) >= 11 is 7.21. The number of amides is 1. The van der Waals surface area contributed by atoms with E-state index in [1.54, 1.807) is 18.1 Å². The van der Waals surface area contributed by atoms with Crippen LogP contribution in [0.15, 0.2) is 12.1 Å². The zero-order valence-corrected chi connectivity index (χ0v) is 12.6. The van der Waals surface area contributed by atoms with Crippen molar-refractivity contribution in [3.8, 4) is 0 Å². The third kappa shape index (κ3) is 3.71. The monoisotopic (exact) mass is 317 g/mol. The minimum atomic E-state index is -0.899. The molecule has 7 heteroatoms. The molecule has 5 nitrogen and oxygen atoms in total. The van der Waals surface area contributed by atoms with Gasteiger partial charge in [0, 0.05) is 24.6 Å². The first kappa shape index (κ1) is 15.3. The molecule has 1 amide bonds. The van der Waals surface area contributed by atoms with Gasteiger partial charge >= 0.3 is 5.97 Å². The summed E-state index contributed by atoms with van der Waals surface area (Å²) in [5.41, 5.74) is 0. The summed E-state index contributed by atoms with van der Waals surface area (Å²) in [5.74, 6) is -0.974. The average Bonchev–Trinajstić information content (AvgIpc) is 2.95. The number of ether oxygens (including phenoxy) is 1. The van der Waals surface area contributed by atoms with Gasteiger partial charge < -0.3 is 14.7 Å². The molecule has 1 aromatic rings. The second kappa shape index (κ2) is 6.56. The van der Waals surface area contributed by atoms with Crippen LogP contribution in [-0.2, 0) is 20.7 Å². The van der Waals surface area contributed by atoms with E-state index in [1.807, 2.05) is 6.07 Å². The van der Waals surface area contributed by atoms with E-state index in [1.165, 1.54) is 11.3 Å². The summed E-state index contributed by atoms with van der Waals surface area (Å²) in [6, 6.07) is 3.28. The molecular formula is C13H16ClNO4S. The zero-order valence-electron chi connectivity index (χ0n) is 11.0. The van der Waals surface area contributed by atoms with Crippen LogP contribution < -0.4 is 0 Å². The standard InChI is InChI=1S/C13H16ClNO4S/c1-19-9-4-8(5-13(17)18)15(7-9)12(16)6-10-2-3-11(14)20-10/h2-3,8-9H,4-7H2,1H3,(H,17,18). The summed E-state index contributed by atoms with van der Waals surface area (Å²) in [6.07, 6.45) is 0.690. The number of carboxylic acid groups (broad SMARTS) is 1. The lowest BCUT2D eigenvalue weighted by atomic mass is 10.1. The fourth-order valence-electron chi connectivity index (χ4n) is 2.44. The number of hydrogen-bond acceptors (Lipinski definition) is 4. The lowest BCUT2D eigenvalue weighted by Crippen LogP contribution is -2.38. The van der Waals surface area contributed by atoms with Gasteiger partial charge in [-0.1, -0.05) is 11.6 Å². The molecule has 0 saturated carbocycles. The van der Waals surface area contributed by atoms with E-state index in [4.69, 9.17) is 21.4 Å². The quantitative estimate of drug-likeness (QED) is 0.902. The molecule has 110 valence electrons. The molecule has 0 aliphatic carbocycles. The highest BCUT2D eigenvalue weighted by Crippen LogP contribution is 2.26. The second-order valence-corrected chi connectivity index (χ2v) is 6.57. The van der Waals surface area contributed by atoms with Gasteiger partial charge in [0.1, 0.15) is 0 Å². The lowest BCUT2D eigenvalue weighted by Gasteiger charge is -2.23. The summed E-state index contributed by atoms with van der Waals surface area (Å²) < 4.78 is 5.90. The van der Waals surface area contributed by atoms with Crippen molar-refractivity contribution in [2.75, 3.05) is 13.7 Å². The number of carbonyl (C=O) groups is 2. The van der Waals surface area contributed by atoms with Crippen LogP contribution in [0.1, 0.15) is 17.7 Å². The van der Waals surface area contributed by atoms with Crippen LogP contribution in [0.2, 0.25) is 4.34 Å². The van der Waals surface area contributed by atoms with Gasteiger partial charge in [0.15, 0.2) is 0 Å². The number of hydrogen-bond donors (Lipinski definition) is 1. The number of carbonyl (C=O) groups excluding carboxylic acids is 1. The molecule has 1 aromatic heterocycles. The third-order valence-electron chi connectivity index (χ3n) is 3.39. The number of halogens is 1. The molecule has 0 spiro atoms. The van der Waals surface area contributed by atoms with Crippen LogP contribution in [0, 0.1) is 0 Å². The number of nitrogens with zero attached hydrogens (tertiary/aromatic N) is 1. The molecule has 2 heterocycles. The van der Waals surface area contributed by atoms with Gasteiger partial charge in [-0.05, 0) is 18.6 Å². The van der Waals surface area contributed by atoms with Gasteiger partial charge in [-0.25, -0.2) is 0 Å². The Bertz CT molecular complexity index is 504. The molecule has 1 saturated heterocycles. The van der Waals surface area contributed by atoms with Gasteiger partial charge in [0.25, 0.3) is 0 Å². The summed E-state index contributed by atoms with van der Waals surface area (Å²) in [6.45, 7) is 0.451. The molecule has 2 unspecified atom stereocenters. The molecular weight excluding hydrogens is 302 g/mol. The maximum absolute atomic E-state index is 12.3. The van der Waals surface area contributed by atoms with Crippen molar-refractivity contribution in [3.05, 3.63) is 21.3 Å². The van der Waals surface area contributed by atoms with Crippen molar-refractivity contribution in [1.82, 2.24) is 4.90 Å². The number of rotatable bonds is 5. The first-order chi connectivity index (χ1) is 9.49. The predicted molar refractivity (Wildman–Crippen MR) is 76.2 cm³/mol. The van der Waals surface area contributed by atoms with Crippen molar-refractivity contribution < 1.29 is 19.4 Å². The minimum Gasteiger partial charge on any atom is -0.481 e. The highest BCUT2D eigenvalue weighted by molar-refractivity contribution is 7.16. The smallest absolute Gasteiger partial charge is 0.305 e. The highest BCUT2D eigenvalue weighted by Gasteiger charge is 2.36. The Morgan fingerprint density at radius 2 is 2.30 bits per heavy atom. The van der Waals surface area contributed by atoms with Gasteiger partial charge in [-0.15, -0.1) is 11.3 Å². The SMILES string of the molecule is COC1CC(CC(=O)O)N(C(=O)Cc2ccc(Cl)s2)C1. The summed E-state index contributed by atoms with van der Waals surface area (Å²) in [4.78, 5) is 25.7. The van der Waals surface area contributed by atoms with Crippen LogP contribution in [-0.4, -0.2) is 47.7 Å². The Morgan fingerprint density at radius 3 is 2.85 bits per heavy atom. The summed E-state index contributed by atoms with van der Waals surface area (Å²) in [5, 5.41) is 8.93. The number of thiophene rings is 1. The van der Waals surface area contributed by atoms with E-state index in [0.717, 1.165) is 4.88 Å². The van der Waals surface area contributed by atoms with Gasteiger partial charge in [0.2, 0.25) is 5.91 Å². The molecule has 0 radical (unpaired) electrons. The van der Waals surface area contributed by atoms with E-state index < -0.39 is 5.97 Å². The fraction of sp³-hybridized carbons (Fsp3) is 0.538. The molecule has 1 N–H and O–H groups in total. The Balaban J connectivity index is 2.03.